The second-order valence-electron chi connectivity index (χ2n) is 7.47. The number of esters is 2. The SMILES string of the molecule is COC(=O)c1ccc(Cn2nc(-c3ccccc3)c(-c3ccccc3)c(C(=O)OC)c2=O)cc1. The summed E-state index contributed by atoms with van der Waals surface area (Å²) in [6, 6.07) is 25.2. The standard InChI is InChI=1S/C27H22N2O5/c1-33-26(31)21-15-13-18(14-16-21)17-29-25(30)23(27(32)34-2)22(19-9-5-3-6-10-19)24(28-29)20-11-7-4-8-12-20/h3-16H,17H2,1-2H3. The Morgan fingerprint density at radius 2 is 1.32 bits per heavy atom. The Labute approximate surface area is 196 Å². The molecular weight excluding hydrogens is 432 g/mol. The molecule has 34 heavy (non-hydrogen) atoms. The quantitative estimate of drug-likeness (QED) is 0.406. The Balaban J connectivity index is 1.93. The minimum absolute atomic E-state index is 0.0891. The molecule has 4 aromatic rings. The molecule has 0 saturated heterocycles. The molecule has 0 radical (unpaired) electrons. The zero-order valence-electron chi connectivity index (χ0n) is 18.7. The highest BCUT2D eigenvalue weighted by atomic mass is 16.5. The van der Waals surface area contributed by atoms with Crippen LogP contribution in [0, 0.1) is 0 Å². The van der Waals surface area contributed by atoms with E-state index in [2.05, 4.69) is 5.10 Å². The van der Waals surface area contributed by atoms with Crippen molar-refractivity contribution in [2.24, 2.45) is 0 Å². The van der Waals surface area contributed by atoms with E-state index in [-0.39, 0.29) is 12.1 Å². The molecule has 0 atom stereocenters. The van der Waals surface area contributed by atoms with Crippen LogP contribution in [0.15, 0.2) is 89.7 Å². The summed E-state index contributed by atoms with van der Waals surface area (Å²) < 4.78 is 11.0. The van der Waals surface area contributed by atoms with Gasteiger partial charge in [-0.2, -0.15) is 5.10 Å². The van der Waals surface area contributed by atoms with E-state index < -0.39 is 17.5 Å². The molecule has 0 saturated carbocycles. The van der Waals surface area contributed by atoms with Crippen molar-refractivity contribution >= 4 is 11.9 Å². The zero-order chi connectivity index (χ0) is 24.1. The lowest BCUT2D eigenvalue weighted by atomic mass is 9.95. The van der Waals surface area contributed by atoms with E-state index in [1.54, 1.807) is 24.3 Å². The molecule has 0 fully saturated rings. The fraction of sp³-hybridized carbons (Fsp3) is 0.111. The number of carbonyl (C=O) groups excluding carboxylic acids is 2. The first-order chi connectivity index (χ1) is 16.5. The van der Waals surface area contributed by atoms with Crippen LogP contribution >= 0.6 is 0 Å². The second kappa shape index (κ2) is 9.95. The van der Waals surface area contributed by atoms with Gasteiger partial charge in [0.05, 0.1) is 32.0 Å². The summed E-state index contributed by atoms with van der Waals surface area (Å²) in [5, 5.41) is 4.67. The average molecular weight is 454 g/mol. The van der Waals surface area contributed by atoms with E-state index in [4.69, 9.17) is 9.47 Å². The van der Waals surface area contributed by atoms with Crippen molar-refractivity contribution in [1.29, 1.82) is 0 Å². The molecule has 3 aromatic carbocycles. The van der Waals surface area contributed by atoms with Crippen molar-refractivity contribution in [1.82, 2.24) is 9.78 Å². The Kier molecular flexibility index (Phi) is 6.64. The first-order valence-corrected chi connectivity index (χ1v) is 10.5. The number of rotatable bonds is 6. The van der Waals surface area contributed by atoms with Crippen LogP contribution in [-0.2, 0) is 16.0 Å². The molecule has 7 heteroatoms. The van der Waals surface area contributed by atoms with E-state index in [1.807, 2.05) is 60.7 Å². The Morgan fingerprint density at radius 1 is 0.765 bits per heavy atom. The number of aromatic nitrogens is 2. The van der Waals surface area contributed by atoms with Crippen LogP contribution in [0.5, 0.6) is 0 Å². The topological polar surface area (TPSA) is 87.5 Å². The maximum atomic E-state index is 13.5. The molecule has 1 aromatic heterocycles. The summed E-state index contributed by atoms with van der Waals surface area (Å²) in [6.07, 6.45) is 0. The third-order valence-electron chi connectivity index (χ3n) is 5.36. The summed E-state index contributed by atoms with van der Waals surface area (Å²) in [7, 11) is 2.56. The van der Waals surface area contributed by atoms with Gasteiger partial charge in [-0.05, 0) is 23.3 Å². The fourth-order valence-corrected chi connectivity index (χ4v) is 3.69. The molecule has 0 bridgehead atoms. The first-order valence-electron chi connectivity index (χ1n) is 10.5. The number of hydrogen-bond acceptors (Lipinski definition) is 6. The van der Waals surface area contributed by atoms with Crippen LogP contribution in [0.1, 0.15) is 26.3 Å². The van der Waals surface area contributed by atoms with Crippen LogP contribution in [0.2, 0.25) is 0 Å². The fourth-order valence-electron chi connectivity index (χ4n) is 3.69. The summed E-state index contributed by atoms with van der Waals surface area (Å²) in [5.74, 6) is -1.19. The smallest absolute Gasteiger partial charge is 0.344 e. The Hall–Kier alpha value is -4.52. The van der Waals surface area contributed by atoms with E-state index in [1.165, 1.54) is 18.9 Å². The largest absolute Gasteiger partial charge is 0.465 e. The molecule has 0 unspecified atom stereocenters. The molecule has 0 amide bonds. The molecule has 7 nitrogen and oxygen atoms in total. The van der Waals surface area contributed by atoms with Gasteiger partial charge in [0.2, 0.25) is 0 Å². The van der Waals surface area contributed by atoms with Crippen LogP contribution < -0.4 is 5.56 Å². The summed E-state index contributed by atoms with van der Waals surface area (Å²) >= 11 is 0. The third-order valence-corrected chi connectivity index (χ3v) is 5.36. The predicted octanol–water partition coefficient (Wildman–Crippen LogP) is 4.20. The van der Waals surface area contributed by atoms with E-state index in [0.29, 0.717) is 22.4 Å². The van der Waals surface area contributed by atoms with Gasteiger partial charge in [0.25, 0.3) is 5.56 Å². The molecule has 0 N–H and O–H groups in total. The highest BCUT2D eigenvalue weighted by molar-refractivity contribution is 6.00. The maximum Gasteiger partial charge on any atom is 0.344 e. The molecular formula is C27H22N2O5. The van der Waals surface area contributed by atoms with E-state index >= 15 is 0 Å². The minimum atomic E-state index is -0.738. The van der Waals surface area contributed by atoms with Gasteiger partial charge in [0.15, 0.2) is 0 Å². The van der Waals surface area contributed by atoms with Gasteiger partial charge in [-0.3, -0.25) is 4.79 Å². The lowest BCUT2D eigenvalue weighted by Crippen LogP contribution is -2.31. The number of ether oxygens (including phenoxy) is 2. The average Bonchev–Trinajstić information content (AvgIpc) is 2.90. The predicted molar refractivity (Wildman–Crippen MR) is 128 cm³/mol. The van der Waals surface area contributed by atoms with Crippen molar-refractivity contribution in [2.75, 3.05) is 14.2 Å². The van der Waals surface area contributed by atoms with Crippen molar-refractivity contribution < 1.29 is 19.1 Å². The van der Waals surface area contributed by atoms with Crippen LogP contribution in [0.3, 0.4) is 0 Å². The van der Waals surface area contributed by atoms with Gasteiger partial charge in [0.1, 0.15) is 5.56 Å². The molecule has 1 heterocycles. The van der Waals surface area contributed by atoms with E-state index in [9.17, 15) is 14.4 Å². The maximum absolute atomic E-state index is 13.5. The number of methoxy groups -OCH3 is 2. The molecule has 0 spiro atoms. The monoisotopic (exact) mass is 454 g/mol. The van der Waals surface area contributed by atoms with Gasteiger partial charge >= 0.3 is 11.9 Å². The van der Waals surface area contributed by atoms with Crippen molar-refractivity contribution in [2.45, 2.75) is 6.54 Å². The van der Waals surface area contributed by atoms with Gasteiger partial charge in [-0.15, -0.1) is 0 Å². The Morgan fingerprint density at radius 3 is 1.88 bits per heavy atom. The summed E-state index contributed by atoms with van der Waals surface area (Å²) in [4.78, 5) is 38.1. The number of benzene rings is 3. The Bertz CT molecular complexity index is 1380. The second-order valence-corrected chi connectivity index (χ2v) is 7.47. The highest BCUT2D eigenvalue weighted by Gasteiger charge is 2.25. The minimum Gasteiger partial charge on any atom is -0.465 e. The molecule has 0 aliphatic rings. The van der Waals surface area contributed by atoms with Crippen LogP contribution in [0.25, 0.3) is 22.4 Å². The third kappa shape index (κ3) is 4.49. The van der Waals surface area contributed by atoms with Crippen LogP contribution in [0.4, 0.5) is 0 Å². The van der Waals surface area contributed by atoms with Crippen molar-refractivity contribution in [3.05, 3.63) is 112 Å². The lowest BCUT2D eigenvalue weighted by molar-refractivity contribution is 0.0590. The van der Waals surface area contributed by atoms with Gasteiger partial charge in [0, 0.05) is 11.1 Å². The van der Waals surface area contributed by atoms with Crippen molar-refractivity contribution in [3.8, 4) is 22.4 Å². The lowest BCUT2D eigenvalue weighted by Gasteiger charge is -2.16. The molecule has 0 aliphatic heterocycles. The van der Waals surface area contributed by atoms with Gasteiger partial charge < -0.3 is 9.47 Å². The summed E-state index contributed by atoms with van der Waals surface area (Å²) in [6.45, 7) is 0.0964. The van der Waals surface area contributed by atoms with E-state index in [0.717, 1.165) is 11.1 Å². The number of hydrogen-bond donors (Lipinski definition) is 0. The summed E-state index contributed by atoms with van der Waals surface area (Å²) in [5.41, 5.74) is 2.80. The molecule has 0 aliphatic carbocycles. The zero-order valence-corrected chi connectivity index (χ0v) is 18.7. The van der Waals surface area contributed by atoms with Gasteiger partial charge in [-0.25, -0.2) is 14.3 Å². The molecule has 170 valence electrons. The van der Waals surface area contributed by atoms with Crippen LogP contribution in [-0.4, -0.2) is 35.9 Å². The normalized spacial score (nSPS) is 10.5. The van der Waals surface area contributed by atoms with Gasteiger partial charge in [-0.1, -0.05) is 72.8 Å². The van der Waals surface area contributed by atoms with Crippen molar-refractivity contribution in [3.63, 3.8) is 0 Å². The number of nitrogens with zero attached hydrogens (tertiary/aromatic N) is 2. The highest BCUT2D eigenvalue weighted by Crippen LogP contribution is 2.32. The molecule has 4 rings (SSSR count). The number of carbonyl (C=O) groups is 2. The first kappa shape index (κ1) is 22.7.